The molecule has 0 bridgehead atoms. The molecule has 2 aromatic rings. The highest BCUT2D eigenvalue weighted by Crippen LogP contribution is 2.36. The van der Waals surface area contributed by atoms with Crippen molar-refractivity contribution >= 4 is 28.7 Å². The molecule has 1 aromatic carbocycles. The van der Waals surface area contributed by atoms with Crippen LogP contribution in [0.25, 0.3) is 5.57 Å². The summed E-state index contributed by atoms with van der Waals surface area (Å²) in [6, 6.07) is 12.2. The van der Waals surface area contributed by atoms with E-state index in [2.05, 4.69) is 28.0 Å². The van der Waals surface area contributed by atoms with Gasteiger partial charge in [0.05, 0.1) is 18.8 Å². The fourth-order valence-corrected chi connectivity index (χ4v) is 5.22. The predicted octanol–water partition coefficient (Wildman–Crippen LogP) is 2.22. The van der Waals surface area contributed by atoms with Crippen molar-refractivity contribution in [2.45, 2.75) is 13.0 Å². The Morgan fingerprint density at radius 2 is 1.70 bits per heavy atom. The lowest BCUT2D eigenvalue weighted by Crippen LogP contribution is -2.44. The van der Waals surface area contributed by atoms with Gasteiger partial charge in [-0.3, -0.25) is 19.4 Å². The second kappa shape index (κ2) is 8.34. The summed E-state index contributed by atoms with van der Waals surface area (Å²) in [7, 11) is 0. The van der Waals surface area contributed by atoms with Gasteiger partial charge in [0.25, 0.3) is 11.8 Å². The number of fused-ring (bicyclic) bond motifs is 1. The number of morpholine rings is 1. The van der Waals surface area contributed by atoms with Crippen LogP contribution in [0.2, 0.25) is 0 Å². The fraction of sp³-hybridized carbons (Fsp3) is 0.391. The number of thiophene rings is 1. The first-order chi connectivity index (χ1) is 14.7. The monoisotopic (exact) mass is 423 g/mol. The van der Waals surface area contributed by atoms with Crippen molar-refractivity contribution in [3.05, 3.63) is 63.5 Å². The molecule has 7 heteroatoms. The van der Waals surface area contributed by atoms with Crippen LogP contribution >= 0.6 is 11.3 Å². The summed E-state index contributed by atoms with van der Waals surface area (Å²) in [5.41, 5.74) is 3.69. The lowest BCUT2D eigenvalue weighted by atomic mass is 9.99. The molecule has 30 heavy (non-hydrogen) atoms. The van der Waals surface area contributed by atoms with Crippen molar-refractivity contribution in [1.82, 2.24) is 14.7 Å². The van der Waals surface area contributed by atoms with Gasteiger partial charge in [-0.1, -0.05) is 30.3 Å². The van der Waals surface area contributed by atoms with Gasteiger partial charge in [-0.15, -0.1) is 11.3 Å². The second-order valence-corrected chi connectivity index (χ2v) is 8.80. The van der Waals surface area contributed by atoms with Crippen LogP contribution in [0.3, 0.4) is 0 Å². The third kappa shape index (κ3) is 3.57. The molecule has 0 atom stereocenters. The van der Waals surface area contributed by atoms with E-state index < -0.39 is 0 Å². The average molecular weight is 424 g/mol. The fourth-order valence-electron chi connectivity index (χ4n) is 4.46. The van der Waals surface area contributed by atoms with Crippen LogP contribution < -0.4 is 0 Å². The Morgan fingerprint density at radius 3 is 2.47 bits per heavy atom. The number of carbonyl (C=O) groups excluding carboxylic acids is 2. The van der Waals surface area contributed by atoms with Crippen molar-refractivity contribution in [2.75, 3.05) is 45.9 Å². The minimum Gasteiger partial charge on any atom is -0.379 e. The molecule has 6 nitrogen and oxygen atoms in total. The number of ether oxygens (including phenoxy) is 1. The smallest absolute Gasteiger partial charge is 0.277 e. The van der Waals surface area contributed by atoms with Gasteiger partial charge in [-0.25, -0.2) is 0 Å². The van der Waals surface area contributed by atoms with Crippen molar-refractivity contribution in [3.63, 3.8) is 0 Å². The number of hydrogen-bond acceptors (Lipinski definition) is 6. The molecule has 0 N–H and O–H groups in total. The van der Waals surface area contributed by atoms with E-state index in [1.807, 2.05) is 23.6 Å². The summed E-state index contributed by atoms with van der Waals surface area (Å²) in [5, 5.41) is 1.96. The highest BCUT2D eigenvalue weighted by Gasteiger charge is 2.42. The standard InChI is InChI=1S/C23H25N3O3S/c27-22-20(19-6-3-15-30-19)21(25-8-7-17-4-1-2-5-18(17)16-25)23(28)26(22)10-9-24-11-13-29-14-12-24/h1-6,15H,7-14,16H2. The number of hydrogen-bond donors (Lipinski definition) is 0. The zero-order valence-electron chi connectivity index (χ0n) is 16.9. The van der Waals surface area contributed by atoms with Gasteiger partial charge in [-0.05, 0) is 29.0 Å². The van der Waals surface area contributed by atoms with Crippen molar-refractivity contribution in [1.29, 1.82) is 0 Å². The highest BCUT2D eigenvalue weighted by molar-refractivity contribution is 7.11. The van der Waals surface area contributed by atoms with Crippen LogP contribution in [0, 0.1) is 0 Å². The Bertz CT molecular complexity index is 979. The summed E-state index contributed by atoms with van der Waals surface area (Å²) in [5.74, 6) is -0.319. The highest BCUT2D eigenvalue weighted by atomic mass is 32.1. The SMILES string of the molecule is O=C1C(c2cccs2)=C(N2CCc3ccccc3C2)C(=O)N1CCN1CCOCC1. The minimum atomic E-state index is -0.162. The Kier molecular flexibility index (Phi) is 5.41. The zero-order chi connectivity index (χ0) is 20.5. The van der Waals surface area contributed by atoms with E-state index in [0.29, 0.717) is 44.1 Å². The van der Waals surface area contributed by atoms with Gasteiger partial charge in [0.1, 0.15) is 5.70 Å². The van der Waals surface area contributed by atoms with Crippen molar-refractivity contribution in [2.24, 2.45) is 0 Å². The Hall–Kier alpha value is -2.48. The number of rotatable bonds is 5. The topological polar surface area (TPSA) is 53.1 Å². The third-order valence-electron chi connectivity index (χ3n) is 6.10. The van der Waals surface area contributed by atoms with Gasteiger partial charge in [0.15, 0.2) is 0 Å². The molecule has 0 aliphatic carbocycles. The van der Waals surface area contributed by atoms with Gasteiger partial charge in [0.2, 0.25) is 0 Å². The molecule has 5 rings (SSSR count). The van der Waals surface area contributed by atoms with Gasteiger partial charge in [-0.2, -0.15) is 0 Å². The minimum absolute atomic E-state index is 0.156. The van der Waals surface area contributed by atoms with Gasteiger partial charge >= 0.3 is 0 Å². The van der Waals surface area contributed by atoms with Crippen LogP contribution in [-0.2, 0) is 27.3 Å². The lowest BCUT2D eigenvalue weighted by Gasteiger charge is -2.31. The van der Waals surface area contributed by atoms with Crippen LogP contribution in [0.5, 0.6) is 0 Å². The summed E-state index contributed by atoms with van der Waals surface area (Å²) < 4.78 is 5.40. The van der Waals surface area contributed by atoms with E-state index >= 15 is 0 Å². The van der Waals surface area contributed by atoms with E-state index in [-0.39, 0.29) is 11.8 Å². The molecular weight excluding hydrogens is 398 g/mol. The van der Waals surface area contributed by atoms with Crippen molar-refractivity contribution in [3.8, 4) is 0 Å². The molecule has 3 aliphatic heterocycles. The van der Waals surface area contributed by atoms with Gasteiger partial charge in [0, 0.05) is 44.1 Å². The Morgan fingerprint density at radius 1 is 0.900 bits per heavy atom. The lowest BCUT2D eigenvalue weighted by molar-refractivity contribution is -0.138. The maximum Gasteiger partial charge on any atom is 0.277 e. The summed E-state index contributed by atoms with van der Waals surface area (Å²) in [6.07, 6.45) is 0.882. The first-order valence-electron chi connectivity index (χ1n) is 10.5. The van der Waals surface area contributed by atoms with E-state index in [1.165, 1.54) is 27.4 Å². The Labute approximate surface area is 180 Å². The number of carbonyl (C=O) groups is 2. The molecule has 0 saturated carbocycles. The first-order valence-corrected chi connectivity index (χ1v) is 11.4. The maximum atomic E-state index is 13.5. The van der Waals surface area contributed by atoms with Crippen molar-refractivity contribution < 1.29 is 14.3 Å². The molecule has 0 unspecified atom stereocenters. The van der Waals surface area contributed by atoms with E-state index in [0.717, 1.165) is 30.9 Å². The first kappa shape index (κ1) is 19.5. The molecule has 0 spiro atoms. The maximum absolute atomic E-state index is 13.5. The number of amides is 2. The van der Waals surface area contributed by atoms with Gasteiger partial charge < -0.3 is 9.64 Å². The quantitative estimate of drug-likeness (QED) is 0.691. The molecule has 2 amide bonds. The summed E-state index contributed by atoms with van der Waals surface area (Å²) in [4.78, 5) is 33.5. The summed E-state index contributed by atoms with van der Waals surface area (Å²) >= 11 is 1.52. The van der Waals surface area contributed by atoms with Crippen LogP contribution in [0.1, 0.15) is 16.0 Å². The molecule has 156 valence electrons. The normalized spacial score (nSPS) is 20.3. The van der Waals surface area contributed by atoms with E-state index in [4.69, 9.17) is 4.74 Å². The molecule has 4 heterocycles. The van der Waals surface area contributed by atoms with E-state index in [9.17, 15) is 9.59 Å². The average Bonchev–Trinajstić information content (AvgIpc) is 3.39. The largest absolute Gasteiger partial charge is 0.379 e. The predicted molar refractivity (Wildman–Crippen MR) is 116 cm³/mol. The summed E-state index contributed by atoms with van der Waals surface area (Å²) in [6.45, 7) is 5.62. The number of nitrogens with zero attached hydrogens (tertiary/aromatic N) is 3. The molecule has 1 aromatic heterocycles. The number of benzene rings is 1. The molecule has 3 aliphatic rings. The molecule has 1 fully saturated rings. The molecular formula is C23H25N3O3S. The third-order valence-corrected chi connectivity index (χ3v) is 6.99. The van der Waals surface area contributed by atoms with Crippen LogP contribution in [-0.4, -0.2) is 72.5 Å². The molecule has 1 saturated heterocycles. The van der Waals surface area contributed by atoms with E-state index in [1.54, 1.807) is 0 Å². The number of imide groups is 1. The van der Waals surface area contributed by atoms with Crippen LogP contribution in [0.15, 0.2) is 47.5 Å². The molecule has 0 radical (unpaired) electrons. The second-order valence-electron chi connectivity index (χ2n) is 7.86. The van der Waals surface area contributed by atoms with Crippen LogP contribution in [0.4, 0.5) is 0 Å². The zero-order valence-corrected chi connectivity index (χ0v) is 17.7. The Balaban J connectivity index is 1.42.